The van der Waals surface area contributed by atoms with Crippen LogP contribution in [0.25, 0.3) is 34.2 Å². The van der Waals surface area contributed by atoms with Crippen molar-refractivity contribution in [2.75, 3.05) is 0 Å². The van der Waals surface area contributed by atoms with Crippen molar-refractivity contribution in [1.29, 1.82) is 0 Å². The largest absolute Gasteiger partial charge is 0.507 e. The quantitative estimate of drug-likeness (QED) is 0.482. The van der Waals surface area contributed by atoms with Gasteiger partial charge in [-0.2, -0.15) is 0 Å². The Morgan fingerprint density at radius 2 is 1.07 bits per heavy atom. The number of rotatable bonds is 3. The number of aromatic nitrogens is 3. The van der Waals surface area contributed by atoms with E-state index in [1.807, 2.05) is 78.9 Å². The molecule has 144 valence electrons. The van der Waals surface area contributed by atoms with Crippen LogP contribution in [0, 0.1) is 0 Å². The Morgan fingerprint density at radius 1 is 0.586 bits per heavy atom. The van der Waals surface area contributed by atoms with Crippen molar-refractivity contribution in [3.05, 3.63) is 84.4 Å². The van der Waals surface area contributed by atoms with Gasteiger partial charge in [0.05, 0.1) is 5.56 Å². The topological polar surface area (TPSA) is 58.9 Å². The van der Waals surface area contributed by atoms with E-state index < -0.39 is 0 Å². The first-order valence-corrected chi connectivity index (χ1v) is 9.63. The Hall–Kier alpha value is -3.53. The molecule has 1 aromatic heterocycles. The molecule has 0 saturated heterocycles. The van der Waals surface area contributed by atoms with Crippen LogP contribution in [0.15, 0.2) is 78.9 Å². The zero-order valence-electron chi connectivity index (χ0n) is 16.8. The summed E-state index contributed by atoms with van der Waals surface area (Å²) in [5.74, 6) is 1.83. The first-order chi connectivity index (χ1) is 13.9. The Kier molecular flexibility index (Phi) is 4.85. The zero-order chi connectivity index (χ0) is 20.4. The van der Waals surface area contributed by atoms with Gasteiger partial charge in [-0.15, -0.1) is 0 Å². The summed E-state index contributed by atoms with van der Waals surface area (Å²) in [4.78, 5) is 14.1. The third-order valence-corrected chi connectivity index (χ3v) is 4.78. The lowest BCUT2D eigenvalue weighted by atomic mass is 9.85. The van der Waals surface area contributed by atoms with Crippen LogP contribution in [-0.2, 0) is 5.41 Å². The molecule has 0 fully saturated rings. The van der Waals surface area contributed by atoms with Gasteiger partial charge in [-0.25, -0.2) is 15.0 Å². The molecule has 0 bridgehead atoms. The standard InChI is InChI=1S/C25H23N3O/c1-25(2,3)20-16-10-15-19(21(20)29)24-27-22(17-11-6-4-7-12-17)26-23(28-24)18-13-8-5-9-14-18/h4-16,29H,1-3H3. The summed E-state index contributed by atoms with van der Waals surface area (Å²) < 4.78 is 0. The van der Waals surface area contributed by atoms with Crippen LogP contribution in [0.4, 0.5) is 0 Å². The van der Waals surface area contributed by atoms with E-state index in [9.17, 15) is 5.11 Å². The van der Waals surface area contributed by atoms with Gasteiger partial charge in [-0.05, 0) is 17.0 Å². The van der Waals surface area contributed by atoms with Crippen molar-refractivity contribution in [2.45, 2.75) is 26.2 Å². The fraction of sp³-hybridized carbons (Fsp3) is 0.160. The van der Waals surface area contributed by atoms with Crippen molar-refractivity contribution < 1.29 is 5.11 Å². The molecule has 0 aliphatic carbocycles. The van der Waals surface area contributed by atoms with E-state index in [0.717, 1.165) is 16.7 Å². The Balaban J connectivity index is 1.95. The minimum Gasteiger partial charge on any atom is -0.507 e. The summed E-state index contributed by atoms with van der Waals surface area (Å²) in [6.45, 7) is 6.22. The van der Waals surface area contributed by atoms with Gasteiger partial charge < -0.3 is 5.11 Å². The second kappa shape index (κ2) is 7.47. The number of para-hydroxylation sites is 1. The maximum atomic E-state index is 11.0. The van der Waals surface area contributed by atoms with E-state index in [1.165, 1.54) is 0 Å². The predicted molar refractivity (Wildman–Crippen MR) is 116 cm³/mol. The molecule has 29 heavy (non-hydrogen) atoms. The van der Waals surface area contributed by atoms with E-state index in [-0.39, 0.29) is 11.2 Å². The predicted octanol–water partition coefficient (Wildman–Crippen LogP) is 5.88. The first kappa shape index (κ1) is 18.8. The molecule has 0 saturated carbocycles. The molecule has 4 aromatic rings. The number of hydrogen-bond donors (Lipinski definition) is 1. The van der Waals surface area contributed by atoms with E-state index in [4.69, 9.17) is 15.0 Å². The van der Waals surface area contributed by atoms with Gasteiger partial charge in [0.15, 0.2) is 17.5 Å². The van der Waals surface area contributed by atoms with Crippen LogP contribution >= 0.6 is 0 Å². The van der Waals surface area contributed by atoms with Crippen LogP contribution in [0.2, 0.25) is 0 Å². The molecule has 1 heterocycles. The third-order valence-electron chi connectivity index (χ3n) is 4.78. The lowest BCUT2D eigenvalue weighted by molar-refractivity contribution is 0.448. The fourth-order valence-corrected chi connectivity index (χ4v) is 3.26. The molecule has 0 radical (unpaired) electrons. The van der Waals surface area contributed by atoms with Gasteiger partial charge in [0.25, 0.3) is 0 Å². The second-order valence-electron chi connectivity index (χ2n) is 7.99. The van der Waals surface area contributed by atoms with Crippen LogP contribution in [-0.4, -0.2) is 20.1 Å². The molecule has 0 aliphatic heterocycles. The summed E-state index contributed by atoms with van der Waals surface area (Å²) in [5.41, 5.74) is 3.07. The molecular weight excluding hydrogens is 358 g/mol. The molecule has 4 nitrogen and oxygen atoms in total. The van der Waals surface area contributed by atoms with E-state index >= 15 is 0 Å². The smallest absolute Gasteiger partial charge is 0.167 e. The second-order valence-corrected chi connectivity index (χ2v) is 7.99. The van der Waals surface area contributed by atoms with Crippen LogP contribution in [0.1, 0.15) is 26.3 Å². The molecule has 1 N–H and O–H groups in total. The van der Waals surface area contributed by atoms with Crippen molar-refractivity contribution in [1.82, 2.24) is 15.0 Å². The molecule has 0 spiro atoms. The molecule has 4 heteroatoms. The average Bonchev–Trinajstić information content (AvgIpc) is 2.74. The van der Waals surface area contributed by atoms with E-state index in [2.05, 4.69) is 20.8 Å². The van der Waals surface area contributed by atoms with E-state index in [1.54, 1.807) is 0 Å². The Bertz CT molecular complexity index is 1080. The van der Waals surface area contributed by atoms with Gasteiger partial charge >= 0.3 is 0 Å². The summed E-state index contributed by atoms with van der Waals surface area (Å²) in [6.07, 6.45) is 0. The molecule has 3 aromatic carbocycles. The summed E-state index contributed by atoms with van der Waals surface area (Å²) >= 11 is 0. The van der Waals surface area contributed by atoms with Gasteiger partial charge in [0.2, 0.25) is 0 Å². The van der Waals surface area contributed by atoms with Gasteiger partial charge in [-0.3, -0.25) is 0 Å². The number of phenolic OH excluding ortho intramolecular Hbond substituents is 1. The highest BCUT2D eigenvalue weighted by Gasteiger charge is 2.22. The van der Waals surface area contributed by atoms with Crippen LogP contribution in [0.3, 0.4) is 0 Å². The highest BCUT2D eigenvalue weighted by atomic mass is 16.3. The number of nitrogens with zero attached hydrogens (tertiary/aromatic N) is 3. The number of aromatic hydroxyl groups is 1. The SMILES string of the molecule is CC(C)(C)c1cccc(-c2nc(-c3ccccc3)nc(-c3ccccc3)n2)c1O. The molecular formula is C25H23N3O. The molecule has 0 atom stereocenters. The minimum atomic E-state index is -0.197. The lowest BCUT2D eigenvalue weighted by Gasteiger charge is -2.21. The molecule has 0 amide bonds. The normalized spacial score (nSPS) is 11.4. The van der Waals surface area contributed by atoms with Crippen molar-refractivity contribution >= 4 is 0 Å². The Labute approximate surface area is 171 Å². The van der Waals surface area contributed by atoms with Crippen molar-refractivity contribution in [3.8, 4) is 39.9 Å². The number of hydrogen-bond acceptors (Lipinski definition) is 4. The van der Waals surface area contributed by atoms with Crippen molar-refractivity contribution in [3.63, 3.8) is 0 Å². The zero-order valence-corrected chi connectivity index (χ0v) is 16.8. The molecule has 0 aliphatic rings. The van der Waals surface area contributed by atoms with Gasteiger partial charge in [-0.1, -0.05) is 93.6 Å². The average molecular weight is 381 g/mol. The third kappa shape index (κ3) is 3.87. The minimum absolute atomic E-state index is 0.197. The van der Waals surface area contributed by atoms with Crippen LogP contribution < -0.4 is 0 Å². The van der Waals surface area contributed by atoms with Crippen molar-refractivity contribution in [2.24, 2.45) is 0 Å². The molecule has 4 rings (SSSR count). The fourth-order valence-electron chi connectivity index (χ4n) is 3.26. The monoisotopic (exact) mass is 381 g/mol. The lowest BCUT2D eigenvalue weighted by Crippen LogP contribution is -2.11. The van der Waals surface area contributed by atoms with E-state index in [0.29, 0.717) is 23.0 Å². The summed E-state index contributed by atoms with van der Waals surface area (Å²) in [5, 5.41) is 11.0. The van der Waals surface area contributed by atoms with Gasteiger partial charge in [0, 0.05) is 11.1 Å². The maximum absolute atomic E-state index is 11.0. The number of benzene rings is 3. The summed E-state index contributed by atoms with van der Waals surface area (Å²) in [6, 6.07) is 25.4. The first-order valence-electron chi connectivity index (χ1n) is 9.63. The number of phenols is 1. The Morgan fingerprint density at radius 3 is 1.55 bits per heavy atom. The van der Waals surface area contributed by atoms with Gasteiger partial charge in [0.1, 0.15) is 5.75 Å². The summed E-state index contributed by atoms with van der Waals surface area (Å²) in [7, 11) is 0. The highest BCUT2D eigenvalue weighted by Crippen LogP contribution is 2.37. The maximum Gasteiger partial charge on any atom is 0.167 e. The molecule has 0 unspecified atom stereocenters. The van der Waals surface area contributed by atoms with Crippen LogP contribution in [0.5, 0.6) is 5.75 Å². The highest BCUT2D eigenvalue weighted by molar-refractivity contribution is 5.71.